The summed E-state index contributed by atoms with van der Waals surface area (Å²) in [6.45, 7) is 9.71. The van der Waals surface area contributed by atoms with Gasteiger partial charge in [-0.25, -0.2) is 9.18 Å². The van der Waals surface area contributed by atoms with Gasteiger partial charge in [-0.2, -0.15) is 0 Å². The number of hydrogen-bond acceptors (Lipinski definition) is 4. The first-order chi connectivity index (χ1) is 10.7. The van der Waals surface area contributed by atoms with Gasteiger partial charge in [0.25, 0.3) is 0 Å². The summed E-state index contributed by atoms with van der Waals surface area (Å²) in [5.41, 5.74) is -0.524. The van der Waals surface area contributed by atoms with Gasteiger partial charge in [-0.3, -0.25) is 0 Å². The topological polar surface area (TPSA) is 44.8 Å². The summed E-state index contributed by atoms with van der Waals surface area (Å²) in [4.78, 5) is 11.5. The molecule has 1 aromatic rings. The Morgan fingerprint density at radius 1 is 1.26 bits per heavy atom. The lowest BCUT2D eigenvalue weighted by atomic mass is 9.90. The SMILES string of the molecule is CCOC(=O)/C=C/c1cccc(F)c1P1OC(C)(C)C(C)(C)O1. The van der Waals surface area contributed by atoms with Crippen molar-refractivity contribution >= 4 is 25.7 Å². The molecule has 0 unspecified atom stereocenters. The van der Waals surface area contributed by atoms with Gasteiger partial charge in [0.05, 0.1) is 23.1 Å². The highest BCUT2D eigenvalue weighted by Gasteiger charge is 2.51. The molecule has 1 heterocycles. The molecule has 0 N–H and O–H groups in total. The summed E-state index contributed by atoms with van der Waals surface area (Å²) in [5.74, 6) is -0.875. The van der Waals surface area contributed by atoms with E-state index in [9.17, 15) is 9.18 Å². The highest BCUT2D eigenvalue weighted by Crippen LogP contribution is 2.57. The molecular formula is C17H22FO4P. The van der Waals surface area contributed by atoms with Gasteiger partial charge >= 0.3 is 5.97 Å². The molecule has 1 aliphatic heterocycles. The van der Waals surface area contributed by atoms with Crippen molar-refractivity contribution < 1.29 is 23.0 Å². The van der Waals surface area contributed by atoms with E-state index in [1.165, 1.54) is 18.2 Å². The number of hydrogen-bond donors (Lipinski definition) is 0. The van der Waals surface area contributed by atoms with Crippen molar-refractivity contribution in [2.75, 3.05) is 6.61 Å². The number of carbonyl (C=O) groups excluding carboxylic acids is 1. The van der Waals surface area contributed by atoms with Gasteiger partial charge in [-0.15, -0.1) is 0 Å². The van der Waals surface area contributed by atoms with Crippen LogP contribution in [0.5, 0.6) is 0 Å². The molecule has 1 saturated heterocycles. The molecule has 4 nitrogen and oxygen atoms in total. The van der Waals surface area contributed by atoms with Gasteiger partial charge in [0, 0.05) is 6.08 Å². The highest BCUT2D eigenvalue weighted by molar-refractivity contribution is 7.56. The van der Waals surface area contributed by atoms with Crippen molar-refractivity contribution in [3.05, 3.63) is 35.7 Å². The highest BCUT2D eigenvalue weighted by atomic mass is 31.2. The van der Waals surface area contributed by atoms with Gasteiger partial charge < -0.3 is 13.8 Å². The van der Waals surface area contributed by atoms with Crippen molar-refractivity contribution in [3.8, 4) is 0 Å². The summed E-state index contributed by atoms with van der Waals surface area (Å²) in [7, 11) is -1.57. The summed E-state index contributed by atoms with van der Waals surface area (Å²) in [6.07, 6.45) is 2.81. The second-order valence-corrected chi connectivity index (χ2v) is 7.55. The zero-order valence-corrected chi connectivity index (χ0v) is 14.9. The molecule has 0 saturated carbocycles. The minimum atomic E-state index is -1.57. The molecule has 1 aromatic carbocycles. The van der Waals surface area contributed by atoms with Crippen LogP contribution in [0.25, 0.3) is 6.08 Å². The smallest absolute Gasteiger partial charge is 0.330 e. The van der Waals surface area contributed by atoms with Crippen molar-refractivity contribution in [3.63, 3.8) is 0 Å². The molecule has 1 aliphatic rings. The lowest BCUT2D eigenvalue weighted by Crippen LogP contribution is -2.41. The summed E-state index contributed by atoms with van der Waals surface area (Å²) < 4.78 is 31.2. The maximum atomic E-state index is 14.4. The molecule has 0 amide bonds. The Kier molecular flexibility index (Phi) is 5.24. The number of ether oxygens (including phenoxy) is 1. The van der Waals surface area contributed by atoms with E-state index in [0.717, 1.165) is 0 Å². The van der Waals surface area contributed by atoms with Gasteiger partial charge in [0.1, 0.15) is 5.82 Å². The molecule has 0 aliphatic carbocycles. The molecular weight excluding hydrogens is 318 g/mol. The second kappa shape index (κ2) is 6.68. The fourth-order valence-corrected chi connectivity index (χ4v) is 4.05. The minimum Gasteiger partial charge on any atom is -0.463 e. The van der Waals surface area contributed by atoms with E-state index in [2.05, 4.69) is 0 Å². The van der Waals surface area contributed by atoms with Crippen LogP contribution in [0.3, 0.4) is 0 Å². The van der Waals surface area contributed by atoms with E-state index < -0.39 is 31.4 Å². The monoisotopic (exact) mass is 340 g/mol. The van der Waals surface area contributed by atoms with Crippen molar-refractivity contribution in [2.24, 2.45) is 0 Å². The number of carbonyl (C=O) groups is 1. The van der Waals surface area contributed by atoms with Crippen LogP contribution in [0.2, 0.25) is 0 Å². The fraction of sp³-hybridized carbons (Fsp3) is 0.471. The van der Waals surface area contributed by atoms with Crippen molar-refractivity contribution in [2.45, 2.75) is 45.8 Å². The summed E-state index contributed by atoms with van der Waals surface area (Å²) in [5, 5.41) is 0.349. The van der Waals surface area contributed by atoms with E-state index in [0.29, 0.717) is 17.5 Å². The largest absolute Gasteiger partial charge is 0.463 e. The second-order valence-electron chi connectivity index (χ2n) is 6.22. The third-order valence-electron chi connectivity index (χ3n) is 3.96. The Hall–Kier alpha value is -1.29. The number of esters is 1. The summed E-state index contributed by atoms with van der Waals surface area (Å²) in [6, 6.07) is 4.68. The molecule has 0 spiro atoms. The zero-order chi connectivity index (χ0) is 17.3. The van der Waals surface area contributed by atoms with E-state index in [4.69, 9.17) is 13.8 Å². The predicted octanol–water partition coefficient (Wildman–Crippen LogP) is 3.94. The number of rotatable bonds is 4. The molecule has 0 atom stereocenters. The lowest BCUT2D eigenvalue weighted by Gasteiger charge is -2.29. The molecule has 0 radical (unpaired) electrons. The zero-order valence-electron chi connectivity index (χ0n) is 14.1. The van der Waals surface area contributed by atoms with Crippen LogP contribution in [0.1, 0.15) is 40.2 Å². The number of benzene rings is 1. The average Bonchev–Trinajstić information content (AvgIpc) is 2.65. The van der Waals surface area contributed by atoms with E-state index in [1.54, 1.807) is 19.1 Å². The third kappa shape index (κ3) is 3.79. The van der Waals surface area contributed by atoms with Crippen LogP contribution in [-0.2, 0) is 18.6 Å². The quantitative estimate of drug-likeness (QED) is 0.473. The van der Waals surface area contributed by atoms with Crippen LogP contribution in [-0.4, -0.2) is 23.8 Å². The van der Waals surface area contributed by atoms with Crippen LogP contribution in [0, 0.1) is 5.82 Å². The molecule has 23 heavy (non-hydrogen) atoms. The van der Waals surface area contributed by atoms with Crippen LogP contribution in [0.15, 0.2) is 24.3 Å². The molecule has 1 fully saturated rings. The lowest BCUT2D eigenvalue weighted by molar-refractivity contribution is -0.137. The minimum absolute atomic E-state index is 0.292. The molecule has 126 valence electrons. The molecule has 2 rings (SSSR count). The van der Waals surface area contributed by atoms with Gasteiger partial charge in [-0.05, 0) is 52.3 Å². The average molecular weight is 340 g/mol. The Morgan fingerprint density at radius 3 is 2.43 bits per heavy atom. The molecule has 0 aromatic heterocycles. The van der Waals surface area contributed by atoms with Gasteiger partial charge in [0.15, 0.2) is 0 Å². The standard InChI is InChI=1S/C17H22FO4P/c1-6-20-14(19)11-10-12-8-7-9-13(18)15(12)23-21-16(2,3)17(4,5)22-23/h7-11H,6H2,1-5H3/b11-10+. The fourth-order valence-electron chi connectivity index (χ4n) is 1.95. The van der Waals surface area contributed by atoms with Crippen molar-refractivity contribution in [1.29, 1.82) is 0 Å². The molecule has 6 heteroatoms. The van der Waals surface area contributed by atoms with Crippen LogP contribution >= 0.6 is 8.38 Å². The Balaban J connectivity index is 2.35. The molecule has 0 bridgehead atoms. The first-order valence-corrected chi connectivity index (χ1v) is 8.67. The normalized spacial score (nSPS) is 20.1. The van der Waals surface area contributed by atoms with Gasteiger partial charge in [0.2, 0.25) is 8.38 Å². The Labute approximate surface area is 137 Å². The first-order valence-electron chi connectivity index (χ1n) is 7.49. The maximum Gasteiger partial charge on any atom is 0.330 e. The maximum absolute atomic E-state index is 14.4. The van der Waals surface area contributed by atoms with Gasteiger partial charge in [-0.1, -0.05) is 12.1 Å². The Bertz CT molecular complexity index is 609. The van der Waals surface area contributed by atoms with Crippen molar-refractivity contribution in [1.82, 2.24) is 0 Å². The first kappa shape index (κ1) is 18.1. The third-order valence-corrected chi connectivity index (χ3v) is 6.04. The predicted molar refractivity (Wildman–Crippen MR) is 88.9 cm³/mol. The van der Waals surface area contributed by atoms with E-state index in [-0.39, 0.29) is 0 Å². The van der Waals surface area contributed by atoms with Crippen LogP contribution < -0.4 is 5.30 Å². The van der Waals surface area contributed by atoms with E-state index >= 15 is 0 Å². The Morgan fingerprint density at radius 2 is 1.87 bits per heavy atom. The number of halogens is 1. The summed E-state index contributed by atoms with van der Waals surface area (Å²) >= 11 is 0. The van der Waals surface area contributed by atoms with E-state index in [1.807, 2.05) is 27.7 Å². The van der Waals surface area contributed by atoms with Crippen LogP contribution in [0.4, 0.5) is 4.39 Å².